The van der Waals surface area contributed by atoms with Gasteiger partial charge in [0, 0.05) is 33.4 Å². The summed E-state index contributed by atoms with van der Waals surface area (Å²) in [5.74, 6) is -0.227. The summed E-state index contributed by atoms with van der Waals surface area (Å²) in [6, 6.07) is 0. The van der Waals surface area contributed by atoms with E-state index in [1.165, 1.54) is 4.31 Å². The lowest BCUT2D eigenvalue weighted by Crippen LogP contribution is -2.56. The van der Waals surface area contributed by atoms with Crippen molar-refractivity contribution in [2.75, 3.05) is 33.4 Å². The minimum absolute atomic E-state index is 0.0478. The average Bonchev–Trinajstić information content (AvgIpc) is 3.05. The van der Waals surface area contributed by atoms with Crippen molar-refractivity contribution in [2.45, 2.75) is 24.5 Å². The van der Waals surface area contributed by atoms with E-state index in [0.29, 0.717) is 26.2 Å². The fraction of sp³-hybridized carbons (Fsp3) is 0.909. The van der Waals surface area contributed by atoms with E-state index in [4.69, 9.17) is 4.74 Å². The maximum atomic E-state index is 11.8. The molecule has 1 N–H and O–H groups in total. The number of amides is 1. The predicted molar refractivity (Wildman–Crippen MR) is 66.5 cm³/mol. The molecule has 6 nitrogen and oxygen atoms in total. The molecular weight excluding hydrogens is 256 g/mol. The van der Waals surface area contributed by atoms with Crippen molar-refractivity contribution in [3.8, 4) is 0 Å². The number of methoxy groups -OCH3 is 1. The van der Waals surface area contributed by atoms with Crippen molar-refractivity contribution < 1.29 is 17.9 Å². The number of carbonyl (C=O) groups excluding carboxylic acids is 1. The Morgan fingerprint density at radius 1 is 1.39 bits per heavy atom. The summed E-state index contributed by atoms with van der Waals surface area (Å²) in [4.78, 5) is 11.7. The zero-order valence-electron chi connectivity index (χ0n) is 10.6. The third-order valence-electron chi connectivity index (χ3n) is 3.35. The van der Waals surface area contributed by atoms with Crippen LogP contribution in [0, 0.1) is 5.92 Å². The van der Waals surface area contributed by atoms with Gasteiger partial charge in [-0.25, -0.2) is 8.42 Å². The van der Waals surface area contributed by atoms with Crippen LogP contribution in [0.15, 0.2) is 0 Å². The fourth-order valence-electron chi connectivity index (χ4n) is 1.96. The van der Waals surface area contributed by atoms with Gasteiger partial charge in [0.05, 0.1) is 11.2 Å². The lowest BCUT2D eigenvalue weighted by atomic mass is 10.0. The van der Waals surface area contributed by atoms with Crippen LogP contribution in [0.2, 0.25) is 0 Å². The van der Waals surface area contributed by atoms with E-state index in [1.54, 1.807) is 7.11 Å². The molecule has 104 valence electrons. The largest absolute Gasteiger partial charge is 0.385 e. The molecule has 0 spiro atoms. The number of sulfonamides is 1. The van der Waals surface area contributed by atoms with Crippen LogP contribution >= 0.6 is 0 Å². The first-order valence-electron chi connectivity index (χ1n) is 6.31. The second-order valence-electron chi connectivity index (χ2n) is 4.90. The Hall–Kier alpha value is -0.660. The molecule has 1 saturated heterocycles. The van der Waals surface area contributed by atoms with Gasteiger partial charge in [0.2, 0.25) is 15.9 Å². The van der Waals surface area contributed by atoms with E-state index >= 15 is 0 Å². The quantitative estimate of drug-likeness (QED) is 0.640. The first-order valence-corrected chi connectivity index (χ1v) is 7.81. The van der Waals surface area contributed by atoms with Crippen molar-refractivity contribution in [3.05, 3.63) is 0 Å². The minimum Gasteiger partial charge on any atom is -0.385 e. The summed E-state index contributed by atoms with van der Waals surface area (Å²) < 4.78 is 30.0. The highest BCUT2D eigenvalue weighted by molar-refractivity contribution is 7.90. The standard InChI is InChI=1S/C11H20N2O4S/c1-17-6-2-5-12-11(14)9-7-13(8-9)18(15,16)10-3-4-10/h9-10H,2-8H2,1H3,(H,12,14). The smallest absolute Gasteiger partial charge is 0.225 e. The van der Waals surface area contributed by atoms with Crippen molar-refractivity contribution in [3.63, 3.8) is 0 Å². The fourth-order valence-corrected chi connectivity index (χ4v) is 3.89. The van der Waals surface area contributed by atoms with Crippen LogP contribution in [0.3, 0.4) is 0 Å². The van der Waals surface area contributed by atoms with Crippen molar-refractivity contribution in [1.29, 1.82) is 0 Å². The van der Waals surface area contributed by atoms with Crippen molar-refractivity contribution in [2.24, 2.45) is 5.92 Å². The molecule has 0 aromatic carbocycles. The molecule has 0 aromatic heterocycles. The van der Waals surface area contributed by atoms with E-state index in [1.807, 2.05) is 0 Å². The zero-order valence-corrected chi connectivity index (χ0v) is 11.4. The van der Waals surface area contributed by atoms with Crippen LogP contribution in [-0.4, -0.2) is 57.2 Å². The number of rotatable bonds is 7. The van der Waals surface area contributed by atoms with E-state index in [0.717, 1.165) is 19.3 Å². The van der Waals surface area contributed by atoms with Gasteiger partial charge < -0.3 is 10.1 Å². The molecule has 2 rings (SSSR count). The molecule has 1 saturated carbocycles. The Kier molecular flexibility index (Phi) is 4.24. The Labute approximate surface area is 108 Å². The van der Waals surface area contributed by atoms with Crippen LogP contribution in [0.25, 0.3) is 0 Å². The van der Waals surface area contributed by atoms with Gasteiger partial charge >= 0.3 is 0 Å². The van der Waals surface area contributed by atoms with Crippen molar-refractivity contribution in [1.82, 2.24) is 9.62 Å². The third kappa shape index (κ3) is 3.02. The molecule has 1 aliphatic heterocycles. The summed E-state index contributed by atoms with van der Waals surface area (Å²) in [5.41, 5.74) is 0. The molecular formula is C11H20N2O4S. The molecule has 0 radical (unpaired) electrons. The molecule has 1 aliphatic carbocycles. The van der Waals surface area contributed by atoms with Gasteiger partial charge in [0.25, 0.3) is 0 Å². The van der Waals surface area contributed by atoms with E-state index in [9.17, 15) is 13.2 Å². The first-order chi connectivity index (χ1) is 8.55. The van der Waals surface area contributed by atoms with Gasteiger partial charge in [0.1, 0.15) is 0 Å². The molecule has 0 atom stereocenters. The van der Waals surface area contributed by atoms with Gasteiger partial charge in [-0.3, -0.25) is 4.79 Å². The normalized spacial score (nSPS) is 21.6. The highest BCUT2D eigenvalue weighted by Gasteiger charge is 2.46. The summed E-state index contributed by atoms with van der Waals surface area (Å²) in [6.07, 6.45) is 2.32. The topological polar surface area (TPSA) is 75.7 Å². The molecule has 1 amide bonds. The van der Waals surface area contributed by atoms with E-state index in [-0.39, 0.29) is 17.1 Å². The van der Waals surface area contributed by atoms with Gasteiger partial charge in [-0.15, -0.1) is 0 Å². The molecule has 1 heterocycles. The molecule has 18 heavy (non-hydrogen) atoms. The predicted octanol–water partition coefficient (Wildman–Crippen LogP) is -0.437. The number of hydrogen-bond donors (Lipinski definition) is 1. The van der Waals surface area contributed by atoms with E-state index in [2.05, 4.69) is 5.32 Å². The Morgan fingerprint density at radius 3 is 2.61 bits per heavy atom. The third-order valence-corrected chi connectivity index (χ3v) is 5.68. The van der Waals surface area contributed by atoms with Crippen LogP contribution in [0.1, 0.15) is 19.3 Å². The van der Waals surface area contributed by atoms with Gasteiger partial charge in [-0.1, -0.05) is 0 Å². The van der Waals surface area contributed by atoms with Gasteiger partial charge in [0.15, 0.2) is 0 Å². The number of nitrogens with zero attached hydrogens (tertiary/aromatic N) is 1. The Morgan fingerprint density at radius 2 is 2.06 bits per heavy atom. The maximum Gasteiger partial charge on any atom is 0.225 e. The summed E-state index contributed by atoms with van der Waals surface area (Å²) in [5, 5.41) is 2.62. The van der Waals surface area contributed by atoms with Gasteiger partial charge in [-0.2, -0.15) is 4.31 Å². The monoisotopic (exact) mass is 276 g/mol. The van der Waals surface area contributed by atoms with Crippen LogP contribution < -0.4 is 5.32 Å². The number of carbonyl (C=O) groups is 1. The SMILES string of the molecule is COCCCNC(=O)C1CN(S(=O)(=O)C2CC2)C1. The number of nitrogens with one attached hydrogen (secondary N) is 1. The average molecular weight is 276 g/mol. The molecule has 7 heteroatoms. The zero-order chi connectivity index (χ0) is 13.2. The number of hydrogen-bond acceptors (Lipinski definition) is 4. The van der Waals surface area contributed by atoms with Gasteiger partial charge in [-0.05, 0) is 19.3 Å². The number of ether oxygens (including phenoxy) is 1. The summed E-state index contributed by atoms with van der Waals surface area (Å²) >= 11 is 0. The highest BCUT2D eigenvalue weighted by atomic mass is 32.2. The minimum atomic E-state index is -3.09. The first kappa shape index (κ1) is 13.8. The van der Waals surface area contributed by atoms with Crippen molar-refractivity contribution >= 4 is 15.9 Å². The molecule has 0 unspecified atom stereocenters. The van der Waals surface area contributed by atoms with Crippen LogP contribution in [-0.2, 0) is 19.6 Å². The molecule has 0 bridgehead atoms. The van der Waals surface area contributed by atoms with E-state index < -0.39 is 10.0 Å². The summed E-state index contributed by atoms with van der Waals surface area (Å²) in [6.45, 7) is 1.88. The summed E-state index contributed by atoms with van der Waals surface area (Å²) in [7, 11) is -1.47. The molecule has 2 aliphatic rings. The molecule has 0 aromatic rings. The molecule has 2 fully saturated rings. The Bertz CT molecular complexity index is 399. The second kappa shape index (κ2) is 5.54. The highest BCUT2D eigenvalue weighted by Crippen LogP contribution is 2.34. The second-order valence-corrected chi connectivity index (χ2v) is 7.11. The Balaban J connectivity index is 1.67. The maximum absolute atomic E-state index is 11.8. The van der Waals surface area contributed by atoms with Crippen LogP contribution in [0.5, 0.6) is 0 Å². The lowest BCUT2D eigenvalue weighted by Gasteiger charge is -2.37. The van der Waals surface area contributed by atoms with Crippen LogP contribution in [0.4, 0.5) is 0 Å². The lowest BCUT2D eigenvalue weighted by molar-refractivity contribution is -0.128.